The number of carboxylic acid groups (broad SMARTS) is 1. The number of nitrogens with one attached hydrogen (secondary N) is 2. The van der Waals surface area contributed by atoms with Gasteiger partial charge in [-0.25, -0.2) is 13.1 Å². The third kappa shape index (κ3) is 8.26. The average molecular weight is 551 g/mol. The number of benzene rings is 2. The molecule has 0 radical (unpaired) electrons. The highest BCUT2D eigenvalue weighted by Crippen LogP contribution is 2.21. The van der Waals surface area contributed by atoms with Crippen LogP contribution in [0.25, 0.3) is 0 Å². The lowest BCUT2D eigenvalue weighted by Gasteiger charge is -2.28. The van der Waals surface area contributed by atoms with E-state index in [0.717, 1.165) is 11.1 Å². The van der Waals surface area contributed by atoms with Gasteiger partial charge < -0.3 is 21.1 Å². The number of aliphatic carboxylic acids is 1. The molecule has 5 N–H and O–H groups in total. The van der Waals surface area contributed by atoms with Gasteiger partial charge in [-0.15, -0.1) is 0 Å². The number of hydrogen-bond donors (Lipinski definition) is 4. The number of hydrogen-bond acceptors (Lipinski definition) is 6. The van der Waals surface area contributed by atoms with Crippen LogP contribution in [0.2, 0.25) is 5.02 Å². The molecule has 1 heterocycles. The lowest BCUT2D eigenvalue weighted by atomic mass is 10.1. The number of rotatable bonds is 12. The van der Waals surface area contributed by atoms with Crippen molar-refractivity contribution >= 4 is 39.4 Å². The summed E-state index contributed by atoms with van der Waals surface area (Å²) in [5, 5.41) is 12.5. The predicted molar refractivity (Wildman–Crippen MR) is 139 cm³/mol. The molecule has 2 amide bonds. The van der Waals surface area contributed by atoms with Crippen molar-refractivity contribution in [3.63, 3.8) is 0 Å². The summed E-state index contributed by atoms with van der Waals surface area (Å²) in [6.07, 6.45) is 0.303. The summed E-state index contributed by atoms with van der Waals surface area (Å²) < 4.78 is 28.0. The summed E-state index contributed by atoms with van der Waals surface area (Å²) in [6.45, 7) is 0.688. The monoisotopic (exact) mass is 550 g/mol. The fraction of sp³-hybridized carbons (Fsp3) is 0.400. The molecule has 0 spiro atoms. The largest absolute Gasteiger partial charge is 0.481 e. The number of nitrogens with zero attached hydrogens (tertiary/aromatic N) is 1. The van der Waals surface area contributed by atoms with E-state index in [1.165, 1.54) is 4.90 Å². The minimum Gasteiger partial charge on any atom is -0.481 e. The lowest BCUT2D eigenvalue weighted by molar-refractivity contribution is -0.141. The van der Waals surface area contributed by atoms with Crippen molar-refractivity contribution in [1.82, 2.24) is 14.9 Å². The topological polar surface area (TPSA) is 159 Å². The van der Waals surface area contributed by atoms with Gasteiger partial charge in [0.05, 0.1) is 5.75 Å². The number of carbonyl (C=O) groups is 3. The van der Waals surface area contributed by atoms with E-state index in [9.17, 15) is 22.8 Å². The van der Waals surface area contributed by atoms with Crippen molar-refractivity contribution in [3.05, 3.63) is 70.2 Å². The van der Waals surface area contributed by atoms with Crippen LogP contribution in [0.5, 0.6) is 0 Å². The van der Waals surface area contributed by atoms with Gasteiger partial charge in [0.25, 0.3) is 0 Å². The lowest BCUT2D eigenvalue weighted by Crippen LogP contribution is -2.53. The van der Waals surface area contributed by atoms with E-state index in [-0.39, 0.29) is 31.8 Å². The van der Waals surface area contributed by atoms with Gasteiger partial charge in [-0.2, -0.15) is 0 Å². The molecule has 0 unspecified atom stereocenters. The molecule has 0 aromatic heterocycles. The molecule has 3 rings (SSSR count). The molecule has 2 aromatic carbocycles. The number of carboxylic acids is 1. The minimum atomic E-state index is -3.97. The van der Waals surface area contributed by atoms with Crippen molar-refractivity contribution in [2.45, 2.75) is 56.6 Å². The Labute approximate surface area is 221 Å². The van der Waals surface area contributed by atoms with Crippen LogP contribution >= 0.6 is 11.6 Å². The highest BCUT2D eigenvalue weighted by molar-refractivity contribution is 7.88. The summed E-state index contributed by atoms with van der Waals surface area (Å²) in [6, 6.07) is 11.5. The molecule has 0 saturated carbocycles. The highest BCUT2D eigenvalue weighted by Gasteiger charge is 2.38. The van der Waals surface area contributed by atoms with Gasteiger partial charge >= 0.3 is 5.97 Å². The van der Waals surface area contributed by atoms with Gasteiger partial charge in [0.15, 0.2) is 0 Å². The van der Waals surface area contributed by atoms with E-state index < -0.39 is 46.3 Å². The Morgan fingerprint density at radius 1 is 1.14 bits per heavy atom. The van der Waals surface area contributed by atoms with Crippen LogP contribution in [0.3, 0.4) is 0 Å². The zero-order chi connectivity index (χ0) is 27.0. The predicted octanol–water partition coefficient (Wildman–Crippen LogP) is 1.76. The molecule has 200 valence electrons. The molecule has 2 aromatic rings. The maximum Gasteiger partial charge on any atom is 0.303 e. The standard InChI is InChI=1S/C25H31ClN4O6S/c26-20-9-8-18(14-27)19(13-20)15-28-24(33)22-7-4-12-30(22)25(34)21(10-11-23(31)32)29-37(35,36)16-17-5-2-1-3-6-17/h1-3,5-6,8-9,13,21-22,29H,4,7,10-12,14-16,27H2,(H,28,33)(H,31,32)/t21-,22+/m1/s1. The van der Waals surface area contributed by atoms with Crippen LogP contribution in [0.15, 0.2) is 48.5 Å². The molecule has 12 heteroatoms. The molecule has 1 fully saturated rings. The highest BCUT2D eigenvalue weighted by atomic mass is 35.5. The summed E-state index contributed by atoms with van der Waals surface area (Å²) in [5.74, 6) is -2.54. The fourth-order valence-corrected chi connectivity index (χ4v) is 5.88. The SMILES string of the molecule is NCc1ccc(Cl)cc1CNC(=O)[C@@H]1CCCN1C(=O)[C@@H](CCC(=O)O)NS(=O)(=O)Cc1ccccc1. The van der Waals surface area contributed by atoms with Gasteiger partial charge in [-0.05, 0) is 48.1 Å². The molecule has 1 aliphatic heterocycles. The number of amides is 2. The summed E-state index contributed by atoms with van der Waals surface area (Å²) in [4.78, 5) is 39.0. The summed E-state index contributed by atoms with van der Waals surface area (Å²) >= 11 is 6.07. The van der Waals surface area contributed by atoms with Gasteiger partial charge in [0.2, 0.25) is 21.8 Å². The Morgan fingerprint density at radius 2 is 1.86 bits per heavy atom. The van der Waals surface area contributed by atoms with Crippen molar-refractivity contribution in [3.8, 4) is 0 Å². The van der Waals surface area contributed by atoms with Gasteiger partial charge in [0.1, 0.15) is 12.1 Å². The van der Waals surface area contributed by atoms with E-state index in [4.69, 9.17) is 22.4 Å². The first-order chi connectivity index (χ1) is 17.6. The molecule has 2 atom stereocenters. The number of likely N-dealkylation sites (tertiary alicyclic amines) is 1. The number of carbonyl (C=O) groups excluding carboxylic acids is 2. The zero-order valence-corrected chi connectivity index (χ0v) is 21.8. The van der Waals surface area contributed by atoms with Crippen LogP contribution in [0.4, 0.5) is 0 Å². The van der Waals surface area contributed by atoms with Gasteiger partial charge in [-0.3, -0.25) is 14.4 Å². The van der Waals surface area contributed by atoms with E-state index >= 15 is 0 Å². The van der Waals surface area contributed by atoms with E-state index in [1.807, 2.05) is 0 Å². The first-order valence-electron chi connectivity index (χ1n) is 11.9. The second-order valence-corrected chi connectivity index (χ2v) is 11.1. The first kappa shape index (κ1) is 28.6. The Kier molecular flexibility index (Phi) is 10.0. The number of nitrogens with two attached hydrogens (primary N) is 1. The summed E-state index contributed by atoms with van der Waals surface area (Å²) in [5.41, 5.74) is 7.87. The first-order valence-corrected chi connectivity index (χ1v) is 13.9. The van der Waals surface area contributed by atoms with Gasteiger partial charge in [-0.1, -0.05) is 48.0 Å². The number of sulfonamides is 1. The van der Waals surface area contributed by atoms with Crippen LogP contribution in [0.1, 0.15) is 42.4 Å². The maximum absolute atomic E-state index is 13.4. The van der Waals surface area contributed by atoms with Crippen molar-refractivity contribution in [1.29, 1.82) is 0 Å². The second kappa shape index (κ2) is 13.0. The second-order valence-electron chi connectivity index (χ2n) is 8.87. The Bertz CT molecular complexity index is 1220. The van der Waals surface area contributed by atoms with Gasteiger partial charge in [0, 0.05) is 31.1 Å². The normalized spacial score (nSPS) is 16.4. The smallest absolute Gasteiger partial charge is 0.303 e. The van der Waals surface area contributed by atoms with Crippen molar-refractivity contribution in [2.24, 2.45) is 5.73 Å². The fourth-order valence-electron chi connectivity index (χ4n) is 4.31. The molecular formula is C25H31ClN4O6S. The third-order valence-electron chi connectivity index (χ3n) is 6.15. The maximum atomic E-state index is 13.4. The molecular weight excluding hydrogens is 520 g/mol. The quantitative estimate of drug-likeness (QED) is 0.313. The third-order valence-corrected chi connectivity index (χ3v) is 7.74. The zero-order valence-electron chi connectivity index (χ0n) is 20.2. The molecule has 10 nitrogen and oxygen atoms in total. The molecule has 1 aliphatic rings. The van der Waals surface area contributed by atoms with Crippen LogP contribution in [0, 0.1) is 0 Å². The van der Waals surface area contributed by atoms with E-state index in [0.29, 0.717) is 23.4 Å². The van der Waals surface area contributed by atoms with Crippen LogP contribution < -0.4 is 15.8 Å². The van der Waals surface area contributed by atoms with Crippen molar-refractivity contribution in [2.75, 3.05) is 6.54 Å². The minimum absolute atomic E-state index is 0.163. The molecule has 0 aliphatic carbocycles. The van der Waals surface area contributed by atoms with E-state index in [1.54, 1.807) is 48.5 Å². The Hall–Kier alpha value is -2.99. The Balaban J connectivity index is 1.72. The van der Waals surface area contributed by atoms with E-state index in [2.05, 4.69) is 10.0 Å². The van der Waals surface area contributed by atoms with Crippen LogP contribution in [-0.2, 0) is 43.2 Å². The Morgan fingerprint density at radius 3 is 2.54 bits per heavy atom. The van der Waals surface area contributed by atoms with Crippen molar-refractivity contribution < 1.29 is 27.9 Å². The molecule has 37 heavy (non-hydrogen) atoms. The van der Waals surface area contributed by atoms with Crippen LogP contribution in [-0.4, -0.2) is 54.8 Å². The average Bonchev–Trinajstić information content (AvgIpc) is 3.35. The number of halogens is 1. The molecule has 1 saturated heterocycles. The summed E-state index contributed by atoms with van der Waals surface area (Å²) in [7, 11) is -3.97. The molecule has 0 bridgehead atoms.